The Hall–Kier alpha value is -2.08. The molecule has 2 rings (SSSR count). The Balaban J connectivity index is 2.35. The number of aromatic carboxylic acids is 1. The molecule has 0 aliphatic heterocycles. The molecule has 0 fully saturated rings. The lowest BCUT2D eigenvalue weighted by atomic mass is 10.2. The van der Waals surface area contributed by atoms with Gasteiger partial charge in [0.05, 0.1) is 17.1 Å². The number of carboxylic acids is 1. The van der Waals surface area contributed by atoms with E-state index in [-0.39, 0.29) is 5.56 Å². The molecule has 0 bridgehead atoms. The smallest absolute Gasteiger partial charge is 0.335 e. The summed E-state index contributed by atoms with van der Waals surface area (Å²) in [5, 5.41) is 8.91. The molecule has 19 heavy (non-hydrogen) atoms. The van der Waals surface area contributed by atoms with Crippen LogP contribution in [0.25, 0.3) is 0 Å². The van der Waals surface area contributed by atoms with E-state index in [9.17, 15) is 4.79 Å². The summed E-state index contributed by atoms with van der Waals surface area (Å²) < 4.78 is 11.4. The summed E-state index contributed by atoms with van der Waals surface area (Å²) in [6.07, 6.45) is 1.60. The molecular formula is C13H10BrNO4. The van der Waals surface area contributed by atoms with E-state index in [2.05, 4.69) is 20.9 Å². The van der Waals surface area contributed by atoms with Gasteiger partial charge in [-0.2, -0.15) is 0 Å². The number of rotatable bonds is 4. The summed E-state index contributed by atoms with van der Waals surface area (Å²) in [5.41, 5.74) is 0.129. The Bertz CT molecular complexity index is 615. The van der Waals surface area contributed by atoms with Crippen molar-refractivity contribution in [3.8, 4) is 17.4 Å². The summed E-state index contributed by atoms with van der Waals surface area (Å²) in [7, 11) is 1.45. The SMILES string of the molecule is COc1cc(C(=O)O)ccc1Oc1ncccc1Br. The summed E-state index contributed by atoms with van der Waals surface area (Å²) in [6, 6.07) is 7.93. The van der Waals surface area contributed by atoms with Gasteiger partial charge < -0.3 is 14.6 Å². The average Bonchev–Trinajstić information content (AvgIpc) is 2.41. The topological polar surface area (TPSA) is 68.7 Å². The van der Waals surface area contributed by atoms with Gasteiger partial charge in [-0.15, -0.1) is 0 Å². The van der Waals surface area contributed by atoms with Gasteiger partial charge in [0.2, 0.25) is 5.88 Å². The van der Waals surface area contributed by atoms with Crippen LogP contribution < -0.4 is 9.47 Å². The maximum Gasteiger partial charge on any atom is 0.335 e. The van der Waals surface area contributed by atoms with Crippen molar-refractivity contribution < 1.29 is 19.4 Å². The van der Waals surface area contributed by atoms with E-state index < -0.39 is 5.97 Å². The minimum absolute atomic E-state index is 0.129. The van der Waals surface area contributed by atoms with Crippen molar-refractivity contribution in [3.05, 3.63) is 46.6 Å². The van der Waals surface area contributed by atoms with E-state index in [0.717, 1.165) is 0 Å². The molecular weight excluding hydrogens is 314 g/mol. The number of carbonyl (C=O) groups is 1. The zero-order valence-electron chi connectivity index (χ0n) is 9.96. The highest BCUT2D eigenvalue weighted by Gasteiger charge is 2.12. The van der Waals surface area contributed by atoms with E-state index in [4.69, 9.17) is 14.6 Å². The van der Waals surface area contributed by atoms with Crippen LogP contribution in [0.15, 0.2) is 41.0 Å². The quantitative estimate of drug-likeness (QED) is 0.934. The first-order valence-electron chi connectivity index (χ1n) is 5.31. The number of nitrogens with zero attached hydrogens (tertiary/aromatic N) is 1. The summed E-state index contributed by atoms with van der Waals surface area (Å²) in [6.45, 7) is 0. The third-order valence-corrected chi connectivity index (χ3v) is 2.95. The molecule has 6 heteroatoms. The van der Waals surface area contributed by atoms with Gasteiger partial charge in [0.15, 0.2) is 11.5 Å². The number of carboxylic acid groups (broad SMARTS) is 1. The van der Waals surface area contributed by atoms with Crippen LogP contribution in [0.2, 0.25) is 0 Å². The fourth-order valence-corrected chi connectivity index (χ4v) is 1.77. The van der Waals surface area contributed by atoms with Crippen molar-refractivity contribution in [1.82, 2.24) is 4.98 Å². The van der Waals surface area contributed by atoms with Crippen LogP contribution in [0, 0.1) is 0 Å². The molecule has 0 aliphatic rings. The van der Waals surface area contributed by atoms with E-state index >= 15 is 0 Å². The molecule has 1 heterocycles. The van der Waals surface area contributed by atoms with Crippen LogP contribution in [0.5, 0.6) is 17.4 Å². The van der Waals surface area contributed by atoms with E-state index in [1.165, 1.54) is 25.3 Å². The number of hydrogen-bond donors (Lipinski definition) is 1. The van der Waals surface area contributed by atoms with Crippen LogP contribution in [0.1, 0.15) is 10.4 Å². The van der Waals surface area contributed by atoms with Crippen LogP contribution in [-0.2, 0) is 0 Å². The number of benzene rings is 1. The van der Waals surface area contributed by atoms with E-state index in [1.807, 2.05) is 0 Å². The van der Waals surface area contributed by atoms with Gasteiger partial charge in [0, 0.05) is 6.20 Å². The fourth-order valence-electron chi connectivity index (χ4n) is 1.44. The van der Waals surface area contributed by atoms with Gasteiger partial charge in [0.1, 0.15) is 0 Å². The first-order chi connectivity index (χ1) is 9.11. The molecule has 1 aromatic carbocycles. The fraction of sp³-hybridized carbons (Fsp3) is 0.0769. The lowest BCUT2D eigenvalue weighted by Crippen LogP contribution is -1.98. The van der Waals surface area contributed by atoms with Crippen LogP contribution in [-0.4, -0.2) is 23.2 Å². The number of aromatic nitrogens is 1. The number of ether oxygens (including phenoxy) is 2. The van der Waals surface area contributed by atoms with Gasteiger partial charge >= 0.3 is 5.97 Å². The normalized spacial score (nSPS) is 10.0. The zero-order chi connectivity index (χ0) is 13.8. The second kappa shape index (κ2) is 5.71. The first kappa shape index (κ1) is 13.4. The van der Waals surface area contributed by atoms with Crippen LogP contribution in [0.4, 0.5) is 0 Å². The first-order valence-corrected chi connectivity index (χ1v) is 6.11. The third-order valence-electron chi connectivity index (χ3n) is 2.34. The zero-order valence-corrected chi connectivity index (χ0v) is 11.5. The largest absolute Gasteiger partial charge is 0.493 e. The van der Waals surface area contributed by atoms with Gasteiger partial charge in [-0.25, -0.2) is 9.78 Å². The molecule has 0 saturated carbocycles. The Morgan fingerprint density at radius 3 is 2.74 bits per heavy atom. The molecule has 98 valence electrons. The average molecular weight is 324 g/mol. The Labute approximate surface area is 117 Å². The molecule has 0 spiro atoms. The number of hydrogen-bond acceptors (Lipinski definition) is 4. The van der Waals surface area contributed by atoms with Gasteiger partial charge in [0.25, 0.3) is 0 Å². The summed E-state index contributed by atoms with van der Waals surface area (Å²) in [4.78, 5) is 14.9. The minimum atomic E-state index is -1.02. The molecule has 2 aromatic rings. The maximum atomic E-state index is 10.9. The lowest BCUT2D eigenvalue weighted by molar-refractivity contribution is 0.0696. The third kappa shape index (κ3) is 3.03. The minimum Gasteiger partial charge on any atom is -0.493 e. The van der Waals surface area contributed by atoms with E-state index in [0.29, 0.717) is 21.9 Å². The van der Waals surface area contributed by atoms with Gasteiger partial charge in [-0.1, -0.05) is 0 Å². The number of pyridine rings is 1. The molecule has 0 amide bonds. The van der Waals surface area contributed by atoms with Crippen molar-refractivity contribution >= 4 is 21.9 Å². The molecule has 1 aromatic heterocycles. The van der Waals surface area contributed by atoms with E-state index in [1.54, 1.807) is 18.3 Å². The molecule has 0 atom stereocenters. The molecule has 0 radical (unpaired) electrons. The van der Waals surface area contributed by atoms with Crippen LogP contribution >= 0.6 is 15.9 Å². The second-order valence-corrected chi connectivity index (χ2v) is 4.42. The highest BCUT2D eigenvalue weighted by Crippen LogP contribution is 2.34. The monoisotopic (exact) mass is 323 g/mol. The Morgan fingerprint density at radius 1 is 1.32 bits per heavy atom. The van der Waals surface area contributed by atoms with Crippen molar-refractivity contribution in [2.75, 3.05) is 7.11 Å². The highest BCUT2D eigenvalue weighted by molar-refractivity contribution is 9.10. The Morgan fingerprint density at radius 2 is 2.11 bits per heavy atom. The molecule has 1 N–H and O–H groups in total. The van der Waals surface area contributed by atoms with Crippen molar-refractivity contribution in [2.45, 2.75) is 0 Å². The molecule has 5 nitrogen and oxygen atoms in total. The van der Waals surface area contributed by atoms with Crippen LogP contribution in [0.3, 0.4) is 0 Å². The van der Waals surface area contributed by atoms with Crippen molar-refractivity contribution in [2.24, 2.45) is 0 Å². The Kier molecular flexibility index (Phi) is 4.01. The summed E-state index contributed by atoms with van der Waals surface area (Å²) >= 11 is 3.32. The highest BCUT2D eigenvalue weighted by atomic mass is 79.9. The maximum absolute atomic E-state index is 10.9. The van der Waals surface area contributed by atoms with Gasteiger partial charge in [-0.3, -0.25) is 0 Å². The second-order valence-electron chi connectivity index (χ2n) is 3.56. The molecule has 0 aliphatic carbocycles. The van der Waals surface area contributed by atoms with Gasteiger partial charge in [-0.05, 0) is 46.3 Å². The number of halogens is 1. The number of methoxy groups -OCH3 is 1. The van der Waals surface area contributed by atoms with Crippen molar-refractivity contribution in [3.63, 3.8) is 0 Å². The standard InChI is InChI=1S/C13H10BrNO4/c1-18-11-7-8(13(16)17)4-5-10(11)19-12-9(14)3-2-6-15-12/h2-7H,1H3,(H,16,17). The predicted octanol–water partition coefficient (Wildman–Crippen LogP) is 3.34. The van der Waals surface area contributed by atoms with Crippen molar-refractivity contribution in [1.29, 1.82) is 0 Å². The molecule has 0 unspecified atom stereocenters. The summed E-state index contributed by atoms with van der Waals surface area (Å²) in [5.74, 6) is 0.0806. The lowest BCUT2D eigenvalue weighted by Gasteiger charge is -2.10. The predicted molar refractivity (Wildman–Crippen MR) is 72.0 cm³/mol. The molecule has 0 saturated heterocycles.